The molecule has 6 heteroatoms. The summed E-state index contributed by atoms with van der Waals surface area (Å²) >= 11 is 0. The molecular formula is C18H19NO5. The van der Waals surface area contributed by atoms with Crippen molar-refractivity contribution in [1.29, 1.82) is 0 Å². The van der Waals surface area contributed by atoms with Crippen LogP contribution in [0.25, 0.3) is 0 Å². The number of carbonyl (C=O) groups is 2. The minimum Gasteiger partial charge on any atom is -0.493 e. The monoisotopic (exact) mass is 329 g/mol. The molecule has 0 saturated carbocycles. The molecule has 2 N–H and O–H groups in total. The van der Waals surface area contributed by atoms with Crippen LogP contribution in [0.1, 0.15) is 51.5 Å². The zero-order chi connectivity index (χ0) is 17.1. The van der Waals surface area contributed by atoms with Gasteiger partial charge in [0.15, 0.2) is 5.76 Å². The van der Waals surface area contributed by atoms with Gasteiger partial charge >= 0.3 is 5.97 Å². The zero-order valence-corrected chi connectivity index (χ0v) is 13.4. The molecule has 3 rings (SSSR count). The molecule has 1 aliphatic heterocycles. The molecule has 1 aromatic heterocycles. The van der Waals surface area contributed by atoms with Crippen molar-refractivity contribution < 1.29 is 23.8 Å². The molecule has 1 aromatic carbocycles. The van der Waals surface area contributed by atoms with Crippen molar-refractivity contribution in [3.05, 3.63) is 53.0 Å². The van der Waals surface area contributed by atoms with E-state index in [2.05, 4.69) is 5.32 Å². The summed E-state index contributed by atoms with van der Waals surface area (Å²) in [4.78, 5) is 23.4. The maximum atomic E-state index is 12.3. The van der Waals surface area contributed by atoms with E-state index in [1.165, 1.54) is 6.07 Å². The lowest BCUT2D eigenvalue weighted by Crippen LogP contribution is -2.30. The van der Waals surface area contributed by atoms with E-state index in [1.54, 1.807) is 6.92 Å². The van der Waals surface area contributed by atoms with Gasteiger partial charge in [-0.05, 0) is 18.1 Å². The largest absolute Gasteiger partial charge is 0.493 e. The number of fused-ring (bicyclic) bond motifs is 1. The second-order valence-electron chi connectivity index (χ2n) is 5.69. The number of rotatable bonds is 5. The SMILES string of the molecule is CCc1oc(C(=O)NC[C@@H]2CCOc3ccccc32)cc1C(=O)O. The fourth-order valence-corrected chi connectivity index (χ4v) is 2.92. The first-order valence-electron chi connectivity index (χ1n) is 7.96. The van der Waals surface area contributed by atoms with Crippen molar-refractivity contribution in [2.75, 3.05) is 13.2 Å². The normalized spacial score (nSPS) is 16.1. The minimum atomic E-state index is -1.09. The fraction of sp³-hybridized carbons (Fsp3) is 0.333. The Bertz CT molecular complexity index is 765. The highest BCUT2D eigenvalue weighted by atomic mass is 16.5. The summed E-state index contributed by atoms with van der Waals surface area (Å²) in [6, 6.07) is 9.07. The van der Waals surface area contributed by atoms with Gasteiger partial charge in [-0.3, -0.25) is 4.79 Å². The number of nitrogens with one attached hydrogen (secondary N) is 1. The van der Waals surface area contributed by atoms with Crippen molar-refractivity contribution >= 4 is 11.9 Å². The molecule has 1 atom stereocenters. The Kier molecular flexibility index (Phi) is 4.55. The average molecular weight is 329 g/mol. The Morgan fingerprint density at radius 3 is 2.83 bits per heavy atom. The molecule has 0 spiro atoms. The van der Waals surface area contributed by atoms with E-state index >= 15 is 0 Å². The van der Waals surface area contributed by atoms with Gasteiger partial charge in [-0.1, -0.05) is 25.1 Å². The van der Waals surface area contributed by atoms with Gasteiger partial charge < -0.3 is 19.6 Å². The van der Waals surface area contributed by atoms with Crippen LogP contribution in [-0.4, -0.2) is 30.1 Å². The first kappa shape index (κ1) is 16.1. The third-order valence-electron chi connectivity index (χ3n) is 4.18. The van der Waals surface area contributed by atoms with Crippen molar-refractivity contribution in [2.24, 2.45) is 0 Å². The number of ether oxygens (including phenoxy) is 1. The maximum Gasteiger partial charge on any atom is 0.339 e. The number of amides is 1. The summed E-state index contributed by atoms with van der Waals surface area (Å²) in [6.07, 6.45) is 1.23. The zero-order valence-electron chi connectivity index (χ0n) is 13.4. The number of carboxylic acid groups (broad SMARTS) is 1. The number of aryl methyl sites for hydroxylation is 1. The Morgan fingerprint density at radius 1 is 1.33 bits per heavy atom. The van der Waals surface area contributed by atoms with Crippen molar-refractivity contribution in [1.82, 2.24) is 5.32 Å². The molecular weight excluding hydrogens is 310 g/mol. The lowest BCUT2D eigenvalue weighted by atomic mass is 9.93. The van der Waals surface area contributed by atoms with E-state index in [1.807, 2.05) is 24.3 Å². The summed E-state index contributed by atoms with van der Waals surface area (Å²) in [7, 11) is 0. The molecule has 1 aliphatic rings. The lowest BCUT2D eigenvalue weighted by molar-refractivity contribution is 0.0694. The molecule has 24 heavy (non-hydrogen) atoms. The topological polar surface area (TPSA) is 88.8 Å². The molecule has 0 fully saturated rings. The van der Waals surface area contributed by atoms with E-state index < -0.39 is 11.9 Å². The summed E-state index contributed by atoms with van der Waals surface area (Å²) < 4.78 is 11.0. The molecule has 0 radical (unpaired) electrons. The first-order chi connectivity index (χ1) is 11.6. The van der Waals surface area contributed by atoms with Crippen LogP contribution < -0.4 is 10.1 Å². The molecule has 126 valence electrons. The standard InChI is InChI=1S/C18H19NO5/c1-2-14-13(18(21)22)9-16(24-14)17(20)19-10-11-7-8-23-15-6-4-3-5-12(11)15/h3-6,9,11H,2,7-8,10H2,1H3,(H,19,20)(H,21,22)/t11-/m0/s1. The van der Waals surface area contributed by atoms with Crippen LogP contribution in [0.4, 0.5) is 0 Å². The van der Waals surface area contributed by atoms with Crippen LogP contribution in [-0.2, 0) is 6.42 Å². The van der Waals surface area contributed by atoms with Gasteiger partial charge in [0.1, 0.15) is 17.1 Å². The predicted octanol–water partition coefficient (Wildman–Crippen LogP) is 2.84. The highest BCUT2D eigenvalue weighted by Gasteiger charge is 2.24. The highest BCUT2D eigenvalue weighted by molar-refractivity contribution is 5.96. The number of carboxylic acids is 1. The van der Waals surface area contributed by atoms with Gasteiger partial charge in [0, 0.05) is 24.9 Å². The molecule has 0 unspecified atom stereocenters. The Labute approximate surface area is 139 Å². The fourth-order valence-electron chi connectivity index (χ4n) is 2.92. The van der Waals surface area contributed by atoms with Gasteiger partial charge in [0.2, 0.25) is 0 Å². The number of furan rings is 1. The molecule has 0 saturated heterocycles. The number of para-hydroxylation sites is 1. The van der Waals surface area contributed by atoms with E-state index in [0.717, 1.165) is 17.7 Å². The Morgan fingerprint density at radius 2 is 2.12 bits per heavy atom. The molecule has 0 bridgehead atoms. The van der Waals surface area contributed by atoms with E-state index in [4.69, 9.17) is 14.3 Å². The Balaban J connectivity index is 1.70. The quantitative estimate of drug-likeness (QED) is 0.880. The van der Waals surface area contributed by atoms with E-state index in [-0.39, 0.29) is 17.2 Å². The Hall–Kier alpha value is -2.76. The molecule has 2 heterocycles. The van der Waals surface area contributed by atoms with Crippen molar-refractivity contribution in [3.8, 4) is 5.75 Å². The summed E-state index contributed by atoms with van der Waals surface area (Å²) in [5, 5.41) is 12.0. The molecule has 6 nitrogen and oxygen atoms in total. The second kappa shape index (κ2) is 6.78. The predicted molar refractivity (Wildman–Crippen MR) is 86.7 cm³/mol. The number of carbonyl (C=O) groups excluding carboxylic acids is 1. The number of hydrogen-bond acceptors (Lipinski definition) is 4. The van der Waals surface area contributed by atoms with Crippen LogP contribution in [0.2, 0.25) is 0 Å². The smallest absolute Gasteiger partial charge is 0.339 e. The van der Waals surface area contributed by atoms with Crippen LogP contribution >= 0.6 is 0 Å². The molecule has 2 aromatic rings. The van der Waals surface area contributed by atoms with Crippen LogP contribution in [0.3, 0.4) is 0 Å². The molecule has 0 aliphatic carbocycles. The van der Waals surface area contributed by atoms with Gasteiger partial charge in [0.25, 0.3) is 5.91 Å². The third-order valence-corrected chi connectivity index (χ3v) is 4.18. The average Bonchev–Trinajstić information content (AvgIpc) is 3.04. The third kappa shape index (κ3) is 3.13. The number of benzene rings is 1. The van der Waals surface area contributed by atoms with Crippen molar-refractivity contribution in [3.63, 3.8) is 0 Å². The van der Waals surface area contributed by atoms with Crippen LogP contribution in [0.5, 0.6) is 5.75 Å². The van der Waals surface area contributed by atoms with E-state index in [9.17, 15) is 9.59 Å². The minimum absolute atomic E-state index is 0.0320. The van der Waals surface area contributed by atoms with Gasteiger partial charge in [-0.15, -0.1) is 0 Å². The second-order valence-corrected chi connectivity index (χ2v) is 5.69. The summed E-state index contributed by atoms with van der Waals surface area (Å²) in [5.41, 5.74) is 1.11. The highest BCUT2D eigenvalue weighted by Crippen LogP contribution is 2.32. The first-order valence-corrected chi connectivity index (χ1v) is 7.96. The maximum absolute atomic E-state index is 12.3. The van der Waals surface area contributed by atoms with Crippen LogP contribution in [0, 0.1) is 0 Å². The van der Waals surface area contributed by atoms with Gasteiger partial charge in [-0.2, -0.15) is 0 Å². The van der Waals surface area contributed by atoms with Gasteiger partial charge in [-0.25, -0.2) is 4.79 Å². The number of hydrogen-bond donors (Lipinski definition) is 2. The summed E-state index contributed by atoms with van der Waals surface area (Å²) in [6.45, 7) is 2.84. The van der Waals surface area contributed by atoms with Crippen LogP contribution in [0.15, 0.2) is 34.7 Å². The number of aromatic carboxylic acids is 1. The van der Waals surface area contributed by atoms with E-state index in [0.29, 0.717) is 25.3 Å². The van der Waals surface area contributed by atoms with Crippen molar-refractivity contribution in [2.45, 2.75) is 25.7 Å². The molecule has 1 amide bonds. The summed E-state index contributed by atoms with van der Waals surface area (Å²) in [5.74, 6) is -0.135. The lowest BCUT2D eigenvalue weighted by Gasteiger charge is -2.25. The van der Waals surface area contributed by atoms with Gasteiger partial charge in [0.05, 0.1) is 6.61 Å².